The molecule has 1 aliphatic rings. The van der Waals surface area contributed by atoms with E-state index >= 15 is 0 Å². The number of benzene rings is 1. The second kappa shape index (κ2) is 6.51. The van der Waals surface area contributed by atoms with Crippen LogP contribution in [-0.4, -0.2) is 11.1 Å². The van der Waals surface area contributed by atoms with Crippen LogP contribution in [0.5, 0.6) is 0 Å². The summed E-state index contributed by atoms with van der Waals surface area (Å²) < 4.78 is 5.46. The lowest BCUT2D eigenvalue weighted by Crippen LogP contribution is -2.03. The number of amides is 1. The van der Waals surface area contributed by atoms with Gasteiger partial charge in [-0.15, -0.1) is 0 Å². The van der Waals surface area contributed by atoms with E-state index in [0.717, 1.165) is 46.7 Å². The third-order valence-electron chi connectivity index (χ3n) is 4.58. The van der Waals surface area contributed by atoms with Crippen LogP contribution in [0.15, 0.2) is 16.7 Å². The molecule has 0 fully saturated rings. The van der Waals surface area contributed by atoms with Crippen LogP contribution >= 0.6 is 0 Å². The Morgan fingerprint density at radius 2 is 2.00 bits per heavy atom. The quantitative estimate of drug-likeness (QED) is 0.820. The Morgan fingerprint density at radius 1 is 1.23 bits per heavy atom. The predicted molar refractivity (Wildman–Crippen MR) is 88.0 cm³/mol. The number of hydrogen-bond donors (Lipinski definition) is 1. The minimum absolute atomic E-state index is 0.0584. The molecule has 2 heterocycles. The highest BCUT2D eigenvalue weighted by Crippen LogP contribution is 2.31. The molecule has 3 rings (SSSR count). The zero-order valence-corrected chi connectivity index (χ0v) is 13.4. The van der Waals surface area contributed by atoms with Crippen molar-refractivity contribution in [3.63, 3.8) is 0 Å². The maximum Gasteiger partial charge on any atom is 0.228 e. The van der Waals surface area contributed by atoms with Gasteiger partial charge in [-0.3, -0.25) is 4.79 Å². The van der Waals surface area contributed by atoms with Gasteiger partial charge in [0.15, 0.2) is 5.58 Å². The molecular weight excluding hydrogens is 276 g/mol. The predicted octanol–water partition coefficient (Wildman–Crippen LogP) is 4.47. The summed E-state index contributed by atoms with van der Waals surface area (Å²) in [6, 6.07) is 3.98. The lowest BCUT2D eigenvalue weighted by molar-refractivity contribution is -0.115. The van der Waals surface area contributed by atoms with E-state index in [1.54, 1.807) is 0 Å². The Labute approximate surface area is 131 Å². The zero-order chi connectivity index (χ0) is 15.5. The summed E-state index contributed by atoms with van der Waals surface area (Å²) >= 11 is 0. The van der Waals surface area contributed by atoms with Gasteiger partial charge in [-0.25, -0.2) is 0 Å². The van der Waals surface area contributed by atoms with Crippen molar-refractivity contribution >= 4 is 22.6 Å². The maximum atomic E-state index is 11.5. The Morgan fingerprint density at radius 3 is 2.73 bits per heavy atom. The van der Waals surface area contributed by atoms with E-state index in [9.17, 15) is 4.79 Å². The van der Waals surface area contributed by atoms with Crippen molar-refractivity contribution in [1.82, 2.24) is 5.16 Å². The Hall–Kier alpha value is -1.84. The molecule has 4 heteroatoms. The highest BCUT2D eigenvalue weighted by molar-refractivity contribution is 6.02. The van der Waals surface area contributed by atoms with Gasteiger partial charge in [0, 0.05) is 17.1 Å². The van der Waals surface area contributed by atoms with E-state index in [-0.39, 0.29) is 5.91 Å². The van der Waals surface area contributed by atoms with Gasteiger partial charge in [0.25, 0.3) is 0 Å². The van der Waals surface area contributed by atoms with E-state index in [1.165, 1.54) is 25.7 Å². The first-order chi connectivity index (χ1) is 10.7. The van der Waals surface area contributed by atoms with Gasteiger partial charge in [-0.1, -0.05) is 44.7 Å². The highest BCUT2D eigenvalue weighted by atomic mass is 16.5. The Balaban J connectivity index is 1.77. The number of anilines is 1. The summed E-state index contributed by atoms with van der Waals surface area (Å²) in [6.45, 7) is 4.50. The number of rotatable bonds is 7. The third-order valence-corrected chi connectivity index (χ3v) is 4.58. The number of aryl methyl sites for hydroxylation is 1. The molecule has 1 N–H and O–H groups in total. The molecule has 0 unspecified atom stereocenters. The summed E-state index contributed by atoms with van der Waals surface area (Å²) in [5.41, 5.74) is 3.74. The van der Waals surface area contributed by atoms with Gasteiger partial charge in [0.2, 0.25) is 5.91 Å². The van der Waals surface area contributed by atoms with Crippen LogP contribution in [0.1, 0.15) is 57.2 Å². The van der Waals surface area contributed by atoms with E-state index < -0.39 is 0 Å². The van der Waals surface area contributed by atoms with Crippen molar-refractivity contribution in [2.45, 2.75) is 58.8 Å². The average Bonchev–Trinajstić information content (AvgIpc) is 3.04. The van der Waals surface area contributed by atoms with Crippen LogP contribution < -0.4 is 5.32 Å². The SMILES string of the molecule is CCCC(CCC)CCc1noc2cc3c(cc12)CC(=O)N3. The number of carbonyl (C=O) groups excluding carboxylic acids is 1. The monoisotopic (exact) mass is 300 g/mol. The van der Waals surface area contributed by atoms with Gasteiger partial charge in [0.1, 0.15) is 0 Å². The second-order valence-corrected chi connectivity index (χ2v) is 6.34. The van der Waals surface area contributed by atoms with E-state index in [1.807, 2.05) is 6.07 Å². The highest BCUT2D eigenvalue weighted by Gasteiger charge is 2.21. The van der Waals surface area contributed by atoms with Crippen molar-refractivity contribution in [3.8, 4) is 0 Å². The van der Waals surface area contributed by atoms with Crippen molar-refractivity contribution in [3.05, 3.63) is 23.4 Å². The van der Waals surface area contributed by atoms with Gasteiger partial charge < -0.3 is 9.84 Å². The second-order valence-electron chi connectivity index (χ2n) is 6.34. The molecule has 1 amide bonds. The summed E-state index contributed by atoms with van der Waals surface area (Å²) in [5.74, 6) is 0.836. The first-order valence-electron chi connectivity index (χ1n) is 8.42. The Kier molecular flexibility index (Phi) is 4.46. The Bertz CT molecular complexity index is 669. The van der Waals surface area contributed by atoms with Crippen LogP contribution in [0.25, 0.3) is 11.0 Å². The summed E-state index contributed by atoms with van der Waals surface area (Å²) in [5, 5.41) is 8.19. The van der Waals surface area contributed by atoms with Crippen LogP contribution in [0.4, 0.5) is 5.69 Å². The molecule has 1 aromatic heterocycles. The van der Waals surface area contributed by atoms with Crippen molar-refractivity contribution in [2.24, 2.45) is 5.92 Å². The van der Waals surface area contributed by atoms with Crippen LogP contribution in [0.3, 0.4) is 0 Å². The number of aromatic nitrogens is 1. The lowest BCUT2D eigenvalue weighted by Gasteiger charge is -2.13. The van der Waals surface area contributed by atoms with Crippen molar-refractivity contribution < 1.29 is 9.32 Å². The van der Waals surface area contributed by atoms with E-state index in [0.29, 0.717) is 6.42 Å². The van der Waals surface area contributed by atoms with Gasteiger partial charge in [0.05, 0.1) is 12.1 Å². The molecule has 2 aromatic rings. The number of carbonyl (C=O) groups is 1. The van der Waals surface area contributed by atoms with Crippen LogP contribution in [0, 0.1) is 5.92 Å². The molecule has 0 atom stereocenters. The minimum atomic E-state index is 0.0584. The molecule has 0 radical (unpaired) electrons. The standard InChI is InChI=1S/C18H24N2O2/c1-3-5-12(6-4-2)7-8-15-14-9-13-10-18(21)19-16(13)11-17(14)22-20-15/h9,11-12H,3-8,10H2,1-2H3,(H,19,21). The van der Waals surface area contributed by atoms with E-state index in [4.69, 9.17) is 4.52 Å². The molecule has 22 heavy (non-hydrogen) atoms. The number of hydrogen-bond acceptors (Lipinski definition) is 3. The number of nitrogens with one attached hydrogen (secondary N) is 1. The van der Waals surface area contributed by atoms with Crippen LogP contribution in [0.2, 0.25) is 0 Å². The number of fused-ring (bicyclic) bond motifs is 2. The average molecular weight is 300 g/mol. The fourth-order valence-electron chi connectivity index (χ4n) is 3.48. The maximum absolute atomic E-state index is 11.5. The van der Waals surface area contributed by atoms with Crippen LogP contribution in [-0.2, 0) is 17.6 Å². The molecule has 0 saturated carbocycles. The molecule has 0 spiro atoms. The molecule has 0 saturated heterocycles. The topological polar surface area (TPSA) is 55.1 Å². The zero-order valence-electron chi connectivity index (χ0n) is 13.4. The largest absolute Gasteiger partial charge is 0.356 e. The van der Waals surface area contributed by atoms with Crippen molar-refractivity contribution in [1.29, 1.82) is 0 Å². The van der Waals surface area contributed by atoms with Gasteiger partial charge in [-0.05, 0) is 30.4 Å². The molecule has 1 aromatic carbocycles. The van der Waals surface area contributed by atoms with Gasteiger partial charge in [-0.2, -0.15) is 0 Å². The first-order valence-corrected chi connectivity index (χ1v) is 8.42. The molecule has 0 aliphatic carbocycles. The molecular formula is C18H24N2O2. The number of nitrogens with zero attached hydrogens (tertiary/aromatic N) is 1. The lowest BCUT2D eigenvalue weighted by atomic mass is 9.92. The third kappa shape index (κ3) is 3.01. The smallest absolute Gasteiger partial charge is 0.228 e. The fourth-order valence-corrected chi connectivity index (χ4v) is 3.48. The molecule has 4 nitrogen and oxygen atoms in total. The minimum Gasteiger partial charge on any atom is -0.356 e. The van der Waals surface area contributed by atoms with Gasteiger partial charge >= 0.3 is 0 Å². The molecule has 1 aliphatic heterocycles. The first kappa shape index (κ1) is 15.1. The molecule has 118 valence electrons. The van der Waals surface area contributed by atoms with Crippen molar-refractivity contribution in [2.75, 3.05) is 5.32 Å². The van der Waals surface area contributed by atoms with E-state index in [2.05, 4.69) is 30.4 Å². The summed E-state index contributed by atoms with van der Waals surface area (Å²) in [4.78, 5) is 11.5. The fraction of sp³-hybridized carbons (Fsp3) is 0.556. The normalized spacial score (nSPS) is 13.9. The summed E-state index contributed by atoms with van der Waals surface area (Å²) in [7, 11) is 0. The molecule has 0 bridgehead atoms. The summed E-state index contributed by atoms with van der Waals surface area (Å²) in [6.07, 6.45) is 7.64.